The number of ketones is 1. The third-order valence-corrected chi connectivity index (χ3v) is 8.97. The van der Waals surface area contributed by atoms with Gasteiger partial charge in [-0.3, -0.25) is 4.79 Å². The molecule has 0 bridgehead atoms. The molecule has 1 saturated heterocycles. The average Bonchev–Trinajstić information content (AvgIpc) is 3.22. The molecule has 0 aromatic heterocycles. The Bertz CT molecular complexity index is 676. The fourth-order valence-electron chi connectivity index (χ4n) is 7.43. The zero-order chi connectivity index (χ0) is 18.2. The average molecular weight is 358 g/mol. The molecule has 4 nitrogen and oxygen atoms in total. The summed E-state index contributed by atoms with van der Waals surface area (Å²) >= 11 is 0. The van der Waals surface area contributed by atoms with Crippen molar-refractivity contribution in [3.63, 3.8) is 0 Å². The summed E-state index contributed by atoms with van der Waals surface area (Å²) in [5, 5.41) is 0. The molecule has 0 aromatic carbocycles. The summed E-state index contributed by atoms with van der Waals surface area (Å²) < 4.78 is 12.3. The molecule has 4 fully saturated rings. The molecule has 1 aliphatic heterocycles. The third-order valence-electron chi connectivity index (χ3n) is 8.97. The Morgan fingerprint density at radius 1 is 1.04 bits per heavy atom. The van der Waals surface area contributed by atoms with Gasteiger partial charge in [-0.05, 0) is 61.9 Å². The van der Waals surface area contributed by atoms with Crippen molar-refractivity contribution in [2.75, 3.05) is 13.2 Å². The molecular weight excluding hydrogens is 328 g/mol. The summed E-state index contributed by atoms with van der Waals surface area (Å²) in [4.78, 5) is 24.6. The number of allylic oxidation sites excluding steroid dienone is 2. The molecule has 4 heteroatoms. The zero-order valence-corrected chi connectivity index (χ0v) is 16.0. The second kappa shape index (κ2) is 5.51. The highest BCUT2D eigenvalue weighted by Crippen LogP contribution is 2.68. The van der Waals surface area contributed by atoms with Gasteiger partial charge in [0.25, 0.3) is 0 Å². The van der Waals surface area contributed by atoms with Crippen LogP contribution in [0.3, 0.4) is 0 Å². The van der Waals surface area contributed by atoms with E-state index in [1.807, 2.05) is 6.08 Å². The number of hydrogen-bond acceptors (Lipinski definition) is 4. The fraction of sp³-hybridized carbons (Fsp3) is 0.818. The van der Waals surface area contributed by atoms with Crippen LogP contribution in [-0.4, -0.2) is 31.1 Å². The SMILES string of the molecule is C[C@]12CCC(C=O)CC1=CC(=O)[C@@H]1[C@@H]2CC[C@@]2(C)[C@H]1CCC21OCCO1. The maximum atomic E-state index is 13.3. The third kappa shape index (κ3) is 1.98. The Kier molecular flexibility index (Phi) is 3.63. The quantitative estimate of drug-likeness (QED) is 0.671. The lowest BCUT2D eigenvalue weighted by atomic mass is 9.47. The van der Waals surface area contributed by atoms with E-state index in [1.54, 1.807) is 0 Å². The second-order valence-corrected chi connectivity index (χ2v) is 9.81. The van der Waals surface area contributed by atoms with Crippen LogP contribution in [0.15, 0.2) is 11.6 Å². The lowest BCUT2D eigenvalue weighted by Crippen LogP contribution is -2.57. The summed E-state index contributed by atoms with van der Waals surface area (Å²) in [6.07, 6.45) is 9.90. The maximum absolute atomic E-state index is 13.3. The van der Waals surface area contributed by atoms with Gasteiger partial charge in [0.15, 0.2) is 11.6 Å². The van der Waals surface area contributed by atoms with Crippen LogP contribution in [0.2, 0.25) is 0 Å². The molecule has 0 N–H and O–H groups in total. The van der Waals surface area contributed by atoms with E-state index in [0.29, 0.717) is 30.8 Å². The van der Waals surface area contributed by atoms with Gasteiger partial charge >= 0.3 is 0 Å². The topological polar surface area (TPSA) is 52.6 Å². The van der Waals surface area contributed by atoms with Gasteiger partial charge in [-0.1, -0.05) is 19.4 Å². The smallest absolute Gasteiger partial charge is 0.174 e. The number of carbonyl (C=O) groups is 2. The van der Waals surface area contributed by atoms with Crippen LogP contribution < -0.4 is 0 Å². The van der Waals surface area contributed by atoms with Gasteiger partial charge in [0.05, 0.1) is 13.2 Å². The van der Waals surface area contributed by atoms with Crippen LogP contribution in [-0.2, 0) is 19.1 Å². The van der Waals surface area contributed by atoms with Crippen LogP contribution in [0.4, 0.5) is 0 Å². The summed E-state index contributed by atoms with van der Waals surface area (Å²) in [6.45, 7) is 6.03. The normalized spacial score (nSPS) is 49.3. The van der Waals surface area contributed by atoms with Crippen LogP contribution >= 0.6 is 0 Å². The first-order valence-electron chi connectivity index (χ1n) is 10.4. The van der Waals surface area contributed by atoms with Crippen LogP contribution in [0.1, 0.15) is 58.8 Å². The Labute approximate surface area is 155 Å². The Morgan fingerprint density at radius 3 is 2.50 bits per heavy atom. The fourth-order valence-corrected chi connectivity index (χ4v) is 7.43. The molecule has 3 saturated carbocycles. The molecule has 0 aromatic rings. The molecule has 1 unspecified atom stereocenters. The van der Waals surface area contributed by atoms with Crippen molar-refractivity contribution in [3.8, 4) is 0 Å². The Hall–Kier alpha value is -1.00. The van der Waals surface area contributed by atoms with E-state index < -0.39 is 5.79 Å². The molecule has 26 heavy (non-hydrogen) atoms. The van der Waals surface area contributed by atoms with Gasteiger partial charge in [-0.25, -0.2) is 0 Å². The summed E-state index contributed by atoms with van der Waals surface area (Å²) in [6, 6.07) is 0. The second-order valence-electron chi connectivity index (χ2n) is 9.81. The highest BCUT2D eigenvalue weighted by molar-refractivity contribution is 5.94. The zero-order valence-electron chi connectivity index (χ0n) is 16.0. The predicted octanol–water partition coefficient (Wildman–Crippen LogP) is 3.69. The van der Waals surface area contributed by atoms with E-state index in [2.05, 4.69) is 13.8 Å². The molecular formula is C22H30O4. The molecule has 0 amide bonds. The molecule has 1 heterocycles. The molecule has 5 aliphatic rings. The Balaban J connectivity index is 1.52. The number of fused-ring (bicyclic) bond motifs is 6. The van der Waals surface area contributed by atoms with E-state index in [1.165, 1.54) is 5.57 Å². The van der Waals surface area contributed by atoms with Crippen molar-refractivity contribution in [2.24, 2.45) is 34.5 Å². The van der Waals surface area contributed by atoms with Gasteiger partial charge < -0.3 is 14.3 Å². The minimum absolute atomic E-state index is 0.0535. The Morgan fingerprint density at radius 2 is 1.77 bits per heavy atom. The van der Waals surface area contributed by atoms with E-state index in [-0.39, 0.29) is 22.7 Å². The molecule has 0 radical (unpaired) electrons. The van der Waals surface area contributed by atoms with E-state index in [4.69, 9.17) is 9.47 Å². The van der Waals surface area contributed by atoms with Gasteiger partial charge in [0.1, 0.15) is 6.29 Å². The van der Waals surface area contributed by atoms with E-state index in [0.717, 1.165) is 51.2 Å². The first kappa shape index (κ1) is 17.1. The van der Waals surface area contributed by atoms with Gasteiger partial charge in [-0.2, -0.15) is 0 Å². The predicted molar refractivity (Wildman–Crippen MR) is 96.3 cm³/mol. The minimum Gasteiger partial charge on any atom is -0.347 e. The summed E-state index contributed by atoms with van der Waals surface area (Å²) in [5.41, 5.74) is 1.28. The molecule has 5 rings (SSSR count). The summed E-state index contributed by atoms with van der Waals surface area (Å²) in [5.74, 6) is 0.815. The van der Waals surface area contributed by atoms with Gasteiger partial charge in [0, 0.05) is 23.7 Å². The first-order chi connectivity index (χ1) is 12.4. The molecule has 4 aliphatic carbocycles. The maximum Gasteiger partial charge on any atom is 0.174 e. The van der Waals surface area contributed by atoms with E-state index >= 15 is 0 Å². The molecule has 1 spiro atoms. The summed E-state index contributed by atoms with van der Waals surface area (Å²) in [7, 11) is 0. The highest BCUT2D eigenvalue weighted by Gasteiger charge is 2.67. The number of ether oxygens (including phenoxy) is 2. The number of hydrogen-bond donors (Lipinski definition) is 0. The number of aldehydes is 1. The van der Waals surface area contributed by atoms with Gasteiger partial charge in [0.2, 0.25) is 0 Å². The monoisotopic (exact) mass is 358 g/mol. The van der Waals surface area contributed by atoms with Crippen molar-refractivity contribution in [2.45, 2.75) is 64.6 Å². The first-order valence-corrected chi connectivity index (χ1v) is 10.4. The standard InChI is InChI=1S/C22H30O4/c1-20-6-3-14(13-23)11-15(20)12-18(24)19-16(20)4-7-21(2)17(19)5-8-22(21)25-9-10-26-22/h12-14,16-17,19H,3-11H2,1-2H3/t14?,16-,17-,19+,20-,21-/m0/s1. The number of carbonyl (C=O) groups excluding carboxylic acids is 2. The van der Waals surface area contributed by atoms with Crippen molar-refractivity contribution in [1.82, 2.24) is 0 Å². The minimum atomic E-state index is -0.455. The highest BCUT2D eigenvalue weighted by atomic mass is 16.7. The van der Waals surface area contributed by atoms with Gasteiger partial charge in [-0.15, -0.1) is 0 Å². The van der Waals surface area contributed by atoms with E-state index in [9.17, 15) is 9.59 Å². The van der Waals surface area contributed by atoms with Crippen LogP contribution in [0, 0.1) is 34.5 Å². The van der Waals surface area contributed by atoms with Crippen molar-refractivity contribution >= 4 is 12.1 Å². The van der Waals surface area contributed by atoms with Crippen molar-refractivity contribution in [1.29, 1.82) is 0 Å². The van der Waals surface area contributed by atoms with Crippen molar-refractivity contribution < 1.29 is 19.1 Å². The van der Waals surface area contributed by atoms with Crippen LogP contribution in [0.25, 0.3) is 0 Å². The molecule has 142 valence electrons. The largest absolute Gasteiger partial charge is 0.347 e. The van der Waals surface area contributed by atoms with Crippen LogP contribution in [0.5, 0.6) is 0 Å². The lowest BCUT2D eigenvalue weighted by molar-refractivity contribution is -0.240. The molecule has 6 atom stereocenters. The number of rotatable bonds is 1. The lowest BCUT2D eigenvalue weighted by Gasteiger charge is -2.57. The van der Waals surface area contributed by atoms with Crippen molar-refractivity contribution in [3.05, 3.63) is 11.6 Å².